The van der Waals surface area contributed by atoms with Crippen molar-refractivity contribution in [1.82, 2.24) is 19.6 Å². The number of para-hydroxylation sites is 1. The summed E-state index contributed by atoms with van der Waals surface area (Å²) in [5.41, 5.74) is 4.68. The quantitative estimate of drug-likeness (QED) is 0.411. The molecule has 32 heavy (non-hydrogen) atoms. The molecule has 7 nitrogen and oxygen atoms in total. The Bertz CT molecular complexity index is 1390. The second-order valence-electron chi connectivity index (χ2n) is 7.15. The number of imidazole rings is 1. The number of carbonyl (C=O) groups excluding carboxylic acids is 1. The summed E-state index contributed by atoms with van der Waals surface area (Å²) in [6, 6.07) is 19.4. The summed E-state index contributed by atoms with van der Waals surface area (Å²) in [5.74, 6) is 0.395. The van der Waals surface area contributed by atoms with Crippen LogP contribution in [0.15, 0.2) is 73.1 Å². The summed E-state index contributed by atoms with van der Waals surface area (Å²) < 4.78 is 7.17. The van der Waals surface area contributed by atoms with Crippen LogP contribution in [-0.2, 0) is 0 Å². The van der Waals surface area contributed by atoms with Gasteiger partial charge in [0.05, 0.1) is 24.6 Å². The lowest BCUT2D eigenvalue weighted by atomic mass is 9.99. The largest absolute Gasteiger partial charge is 0.496 e. The highest BCUT2D eigenvalue weighted by atomic mass is 32.1. The summed E-state index contributed by atoms with van der Waals surface area (Å²) >= 11 is 1.31. The minimum atomic E-state index is -0.293. The number of aryl methyl sites for hydroxylation is 1. The van der Waals surface area contributed by atoms with Crippen LogP contribution in [0.2, 0.25) is 0 Å². The van der Waals surface area contributed by atoms with Gasteiger partial charge in [0, 0.05) is 28.6 Å². The average molecular weight is 442 g/mol. The normalized spacial score (nSPS) is 10.9. The maximum Gasteiger partial charge on any atom is 0.259 e. The van der Waals surface area contributed by atoms with Crippen LogP contribution in [0.3, 0.4) is 0 Å². The fraction of sp³-hybridized carbons (Fsp3) is 0.0833. The molecule has 0 aliphatic rings. The third kappa shape index (κ3) is 3.72. The van der Waals surface area contributed by atoms with Crippen molar-refractivity contribution >= 4 is 27.3 Å². The number of hydrogen-bond donors (Lipinski definition) is 1. The smallest absolute Gasteiger partial charge is 0.259 e. The first-order chi connectivity index (χ1) is 15.6. The van der Waals surface area contributed by atoms with E-state index in [1.807, 2.05) is 73.8 Å². The number of rotatable bonds is 5. The number of benzene rings is 2. The van der Waals surface area contributed by atoms with Crippen LogP contribution in [0, 0.1) is 6.92 Å². The summed E-state index contributed by atoms with van der Waals surface area (Å²) in [7, 11) is 1.61. The monoisotopic (exact) mass is 441 g/mol. The zero-order valence-corrected chi connectivity index (χ0v) is 18.3. The lowest BCUT2D eigenvalue weighted by Crippen LogP contribution is -2.14. The number of aromatic nitrogens is 4. The maximum atomic E-state index is 13.2. The number of pyridine rings is 1. The van der Waals surface area contributed by atoms with Crippen molar-refractivity contribution in [3.05, 3.63) is 84.3 Å². The number of ether oxygens (including phenoxy) is 1. The number of hydrogen-bond acceptors (Lipinski definition) is 6. The van der Waals surface area contributed by atoms with E-state index in [-0.39, 0.29) is 5.91 Å². The summed E-state index contributed by atoms with van der Waals surface area (Å²) in [6.07, 6.45) is 3.43. The second-order valence-corrected chi connectivity index (χ2v) is 8.11. The highest BCUT2D eigenvalue weighted by Crippen LogP contribution is 2.33. The van der Waals surface area contributed by atoms with E-state index in [4.69, 9.17) is 4.74 Å². The Morgan fingerprint density at radius 3 is 2.62 bits per heavy atom. The van der Waals surface area contributed by atoms with Crippen molar-refractivity contribution < 1.29 is 9.53 Å². The minimum absolute atomic E-state index is 0.293. The van der Waals surface area contributed by atoms with E-state index in [9.17, 15) is 4.79 Å². The average Bonchev–Trinajstić information content (AvgIpc) is 3.38. The molecule has 0 aliphatic carbocycles. The predicted molar refractivity (Wildman–Crippen MR) is 125 cm³/mol. The molecule has 1 amide bonds. The number of anilines is 1. The van der Waals surface area contributed by atoms with Gasteiger partial charge in [0.2, 0.25) is 10.1 Å². The van der Waals surface area contributed by atoms with Crippen LogP contribution in [0.4, 0.5) is 5.13 Å². The molecule has 3 heterocycles. The molecule has 0 saturated carbocycles. The highest BCUT2D eigenvalue weighted by Gasteiger charge is 2.19. The summed E-state index contributed by atoms with van der Waals surface area (Å²) in [6.45, 7) is 1.89. The number of fused-ring (bicyclic) bond motifs is 1. The molecule has 0 unspecified atom stereocenters. The fourth-order valence-electron chi connectivity index (χ4n) is 3.49. The van der Waals surface area contributed by atoms with E-state index < -0.39 is 0 Å². The molecule has 1 N–H and O–H groups in total. The standard InChI is InChI=1S/C24H19N5O2S/c1-15-12-18(17-10-6-7-11-21(17)31-2)19(13-25-15)22(30)27-23-28-29-14-20(26-24(29)32-23)16-8-4-3-5-9-16/h3-14H,1-2H3,(H,27,28,30). The maximum absolute atomic E-state index is 13.2. The van der Waals surface area contributed by atoms with Crippen molar-refractivity contribution in [2.75, 3.05) is 12.4 Å². The molecule has 0 fully saturated rings. The van der Waals surface area contributed by atoms with Gasteiger partial charge in [-0.15, -0.1) is 5.10 Å². The van der Waals surface area contributed by atoms with Gasteiger partial charge in [-0.1, -0.05) is 59.9 Å². The van der Waals surface area contributed by atoms with Crippen molar-refractivity contribution in [1.29, 1.82) is 0 Å². The van der Waals surface area contributed by atoms with Gasteiger partial charge in [0.25, 0.3) is 5.91 Å². The number of methoxy groups -OCH3 is 1. The van der Waals surface area contributed by atoms with E-state index in [1.165, 1.54) is 11.3 Å². The number of nitrogens with one attached hydrogen (secondary N) is 1. The lowest BCUT2D eigenvalue weighted by molar-refractivity contribution is 0.102. The van der Waals surface area contributed by atoms with Crippen molar-refractivity contribution in [3.8, 4) is 28.1 Å². The molecule has 8 heteroatoms. The molecule has 0 bridgehead atoms. The Morgan fingerprint density at radius 2 is 1.84 bits per heavy atom. The van der Waals surface area contributed by atoms with E-state index in [2.05, 4.69) is 20.4 Å². The predicted octanol–water partition coefficient (Wildman–Crippen LogP) is 5.09. The number of carbonyl (C=O) groups is 1. The van der Waals surface area contributed by atoms with Gasteiger partial charge in [0.15, 0.2) is 0 Å². The van der Waals surface area contributed by atoms with E-state index >= 15 is 0 Å². The molecule has 0 atom stereocenters. The lowest BCUT2D eigenvalue weighted by Gasteiger charge is -2.13. The topological polar surface area (TPSA) is 81.4 Å². The van der Waals surface area contributed by atoms with Crippen LogP contribution in [0.1, 0.15) is 16.1 Å². The van der Waals surface area contributed by atoms with Crippen LogP contribution in [0.5, 0.6) is 5.75 Å². The van der Waals surface area contributed by atoms with E-state index in [1.54, 1.807) is 17.8 Å². The zero-order chi connectivity index (χ0) is 22.1. The van der Waals surface area contributed by atoms with Gasteiger partial charge in [-0.25, -0.2) is 9.50 Å². The third-order valence-electron chi connectivity index (χ3n) is 5.02. The van der Waals surface area contributed by atoms with Crippen LogP contribution >= 0.6 is 11.3 Å². The Labute approximate surface area is 188 Å². The molecule has 0 spiro atoms. The Balaban J connectivity index is 1.45. The molecule has 0 saturated heterocycles. The van der Waals surface area contributed by atoms with Crippen LogP contribution in [-0.4, -0.2) is 32.6 Å². The van der Waals surface area contributed by atoms with Gasteiger partial charge < -0.3 is 4.74 Å². The molecule has 5 rings (SSSR count). The molecular weight excluding hydrogens is 422 g/mol. The Kier molecular flexibility index (Phi) is 5.12. The second kappa shape index (κ2) is 8.24. The summed E-state index contributed by atoms with van der Waals surface area (Å²) in [5, 5.41) is 7.82. The summed E-state index contributed by atoms with van der Waals surface area (Å²) in [4.78, 5) is 22.8. The first-order valence-electron chi connectivity index (χ1n) is 9.95. The van der Waals surface area contributed by atoms with Gasteiger partial charge >= 0.3 is 0 Å². The molecule has 3 aromatic heterocycles. The van der Waals surface area contributed by atoms with Crippen molar-refractivity contribution in [3.63, 3.8) is 0 Å². The van der Waals surface area contributed by atoms with Gasteiger partial charge in [0.1, 0.15) is 5.75 Å². The molecule has 2 aromatic carbocycles. The molecule has 5 aromatic rings. The van der Waals surface area contributed by atoms with E-state index in [0.29, 0.717) is 21.4 Å². The number of amides is 1. The minimum Gasteiger partial charge on any atom is -0.496 e. The van der Waals surface area contributed by atoms with Crippen LogP contribution < -0.4 is 10.1 Å². The first-order valence-corrected chi connectivity index (χ1v) is 10.8. The van der Waals surface area contributed by atoms with E-state index in [0.717, 1.165) is 28.1 Å². The highest BCUT2D eigenvalue weighted by molar-refractivity contribution is 7.20. The third-order valence-corrected chi connectivity index (χ3v) is 5.85. The van der Waals surface area contributed by atoms with Crippen LogP contribution in [0.25, 0.3) is 27.3 Å². The van der Waals surface area contributed by atoms with Gasteiger partial charge in [-0.2, -0.15) is 0 Å². The first kappa shape index (κ1) is 19.9. The van der Waals surface area contributed by atoms with Gasteiger partial charge in [-0.05, 0) is 19.1 Å². The molecular formula is C24H19N5O2S. The van der Waals surface area contributed by atoms with Gasteiger partial charge in [-0.3, -0.25) is 15.1 Å². The zero-order valence-electron chi connectivity index (χ0n) is 17.4. The Morgan fingerprint density at radius 1 is 1.06 bits per heavy atom. The van der Waals surface area contributed by atoms with Crippen molar-refractivity contribution in [2.24, 2.45) is 0 Å². The van der Waals surface area contributed by atoms with Crippen molar-refractivity contribution in [2.45, 2.75) is 6.92 Å². The number of nitrogens with zero attached hydrogens (tertiary/aromatic N) is 4. The fourth-order valence-corrected chi connectivity index (χ4v) is 4.27. The molecule has 0 radical (unpaired) electrons. The molecule has 0 aliphatic heterocycles. The molecule has 158 valence electrons. The Hall–Kier alpha value is -4.04. The SMILES string of the molecule is COc1ccccc1-c1cc(C)ncc1C(=O)Nc1nn2cc(-c3ccccc3)nc2s1.